The summed E-state index contributed by atoms with van der Waals surface area (Å²) in [5.74, 6) is 0.581. The zero-order chi connectivity index (χ0) is 10.4. The summed E-state index contributed by atoms with van der Waals surface area (Å²) < 4.78 is 0. The van der Waals surface area contributed by atoms with E-state index in [-0.39, 0.29) is 6.04 Å². The van der Waals surface area contributed by atoms with Crippen LogP contribution in [0.1, 0.15) is 26.0 Å². The van der Waals surface area contributed by atoms with E-state index in [4.69, 9.17) is 5.73 Å². The molecule has 0 radical (unpaired) electrons. The van der Waals surface area contributed by atoms with Crippen molar-refractivity contribution in [1.29, 1.82) is 0 Å². The first-order valence-electron chi connectivity index (χ1n) is 5.07. The summed E-state index contributed by atoms with van der Waals surface area (Å²) in [5, 5.41) is 5.38. The molecule has 4 heteroatoms. The van der Waals surface area contributed by atoms with E-state index >= 15 is 0 Å². The molecule has 0 fully saturated rings. The van der Waals surface area contributed by atoms with Crippen LogP contribution in [0.3, 0.4) is 0 Å². The van der Waals surface area contributed by atoms with Gasteiger partial charge in [0.2, 0.25) is 0 Å². The normalized spacial score (nSPS) is 15.4. The van der Waals surface area contributed by atoms with Crippen LogP contribution in [0.15, 0.2) is 10.9 Å². The van der Waals surface area contributed by atoms with Crippen molar-refractivity contribution in [1.82, 2.24) is 10.3 Å². The lowest BCUT2D eigenvalue weighted by Crippen LogP contribution is -2.38. The monoisotopic (exact) mass is 213 g/mol. The molecule has 2 unspecified atom stereocenters. The summed E-state index contributed by atoms with van der Waals surface area (Å²) in [5.41, 5.74) is 8.94. The van der Waals surface area contributed by atoms with Gasteiger partial charge in [0, 0.05) is 24.5 Å². The Morgan fingerprint density at radius 1 is 1.64 bits per heavy atom. The lowest BCUT2D eigenvalue weighted by atomic mass is 10.0. The largest absolute Gasteiger partial charge is 0.326 e. The summed E-state index contributed by atoms with van der Waals surface area (Å²) in [7, 11) is 0. The Bertz CT molecular complexity index is 236. The van der Waals surface area contributed by atoms with E-state index in [1.807, 2.05) is 5.51 Å². The average molecular weight is 213 g/mol. The minimum Gasteiger partial charge on any atom is -0.326 e. The Morgan fingerprint density at radius 2 is 2.43 bits per heavy atom. The maximum atomic E-state index is 5.99. The summed E-state index contributed by atoms with van der Waals surface area (Å²) in [6.07, 6.45) is 1.14. The highest BCUT2D eigenvalue weighted by molar-refractivity contribution is 7.07. The first-order valence-corrected chi connectivity index (χ1v) is 6.01. The third-order valence-corrected chi connectivity index (χ3v) is 3.18. The summed E-state index contributed by atoms with van der Waals surface area (Å²) >= 11 is 1.63. The molecule has 0 aliphatic rings. The van der Waals surface area contributed by atoms with Crippen molar-refractivity contribution in [2.24, 2.45) is 11.7 Å². The number of nitrogens with one attached hydrogen (secondary N) is 1. The molecular formula is C10H19N3S. The molecule has 2 atom stereocenters. The molecular weight excluding hydrogens is 194 g/mol. The second-order valence-electron chi connectivity index (χ2n) is 3.66. The number of thiazole rings is 1. The number of hydrogen-bond donors (Lipinski definition) is 2. The molecule has 80 valence electrons. The first-order chi connectivity index (χ1) is 6.74. The SMILES string of the molecule is CCC(C)C(N)CNCc1cscn1. The van der Waals surface area contributed by atoms with Crippen LogP contribution in [-0.4, -0.2) is 17.6 Å². The minimum atomic E-state index is 0.249. The Hall–Kier alpha value is -0.450. The molecule has 0 amide bonds. The Kier molecular flexibility index (Phi) is 5.07. The molecule has 1 heterocycles. The van der Waals surface area contributed by atoms with E-state index in [1.165, 1.54) is 0 Å². The van der Waals surface area contributed by atoms with Crippen LogP contribution in [0.4, 0.5) is 0 Å². The summed E-state index contributed by atoms with van der Waals surface area (Å²) in [6, 6.07) is 0.249. The average Bonchev–Trinajstić information content (AvgIpc) is 2.69. The van der Waals surface area contributed by atoms with Gasteiger partial charge < -0.3 is 11.1 Å². The minimum absolute atomic E-state index is 0.249. The molecule has 0 saturated carbocycles. The Balaban J connectivity index is 2.15. The van der Waals surface area contributed by atoms with E-state index in [1.54, 1.807) is 11.3 Å². The van der Waals surface area contributed by atoms with Crippen LogP contribution in [0.5, 0.6) is 0 Å². The molecule has 0 saturated heterocycles. The number of hydrogen-bond acceptors (Lipinski definition) is 4. The quantitative estimate of drug-likeness (QED) is 0.755. The van der Waals surface area contributed by atoms with E-state index in [0.29, 0.717) is 5.92 Å². The summed E-state index contributed by atoms with van der Waals surface area (Å²) in [6.45, 7) is 6.06. The second kappa shape index (κ2) is 6.11. The molecule has 0 bridgehead atoms. The number of aromatic nitrogens is 1. The van der Waals surface area contributed by atoms with Crippen LogP contribution < -0.4 is 11.1 Å². The molecule has 1 rings (SSSR count). The lowest BCUT2D eigenvalue weighted by Gasteiger charge is -2.18. The van der Waals surface area contributed by atoms with Gasteiger partial charge in [0.25, 0.3) is 0 Å². The van der Waals surface area contributed by atoms with Crippen molar-refractivity contribution < 1.29 is 0 Å². The highest BCUT2D eigenvalue weighted by Gasteiger charge is 2.09. The van der Waals surface area contributed by atoms with Gasteiger partial charge in [-0.2, -0.15) is 0 Å². The standard InChI is InChI=1S/C10H19N3S/c1-3-8(2)10(11)5-12-4-9-6-14-7-13-9/h6-8,10,12H,3-5,11H2,1-2H3. The molecule has 3 nitrogen and oxygen atoms in total. The molecule has 0 aliphatic carbocycles. The van der Waals surface area contributed by atoms with Crippen molar-refractivity contribution in [3.8, 4) is 0 Å². The maximum Gasteiger partial charge on any atom is 0.0795 e. The molecule has 1 aromatic rings. The smallest absolute Gasteiger partial charge is 0.0795 e. The molecule has 3 N–H and O–H groups in total. The fraction of sp³-hybridized carbons (Fsp3) is 0.700. The van der Waals surface area contributed by atoms with E-state index in [2.05, 4.69) is 29.5 Å². The van der Waals surface area contributed by atoms with Gasteiger partial charge >= 0.3 is 0 Å². The van der Waals surface area contributed by atoms with Gasteiger partial charge in [0.1, 0.15) is 0 Å². The predicted octanol–water partition coefficient (Wildman–Crippen LogP) is 1.61. The number of rotatable bonds is 6. The molecule has 14 heavy (non-hydrogen) atoms. The van der Waals surface area contributed by atoms with Crippen LogP contribution >= 0.6 is 11.3 Å². The van der Waals surface area contributed by atoms with Crippen LogP contribution in [-0.2, 0) is 6.54 Å². The van der Waals surface area contributed by atoms with E-state index in [9.17, 15) is 0 Å². The van der Waals surface area contributed by atoms with Crippen molar-refractivity contribution in [2.45, 2.75) is 32.9 Å². The van der Waals surface area contributed by atoms with Crippen LogP contribution in [0, 0.1) is 5.92 Å². The highest BCUT2D eigenvalue weighted by Crippen LogP contribution is 2.04. The van der Waals surface area contributed by atoms with Crippen molar-refractivity contribution in [2.75, 3.05) is 6.54 Å². The maximum absolute atomic E-state index is 5.99. The number of nitrogens with two attached hydrogens (primary N) is 1. The van der Waals surface area contributed by atoms with Crippen molar-refractivity contribution >= 4 is 11.3 Å². The fourth-order valence-electron chi connectivity index (χ4n) is 1.20. The Morgan fingerprint density at radius 3 is 3.00 bits per heavy atom. The van der Waals surface area contributed by atoms with Crippen LogP contribution in [0.2, 0.25) is 0 Å². The zero-order valence-electron chi connectivity index (χ0n) is 8.86. The topological polar surface area (TPSA) is 50.9 Å². The van der Waals surface area contributed by atoms with Gasteiger partial charge in [-0.1, -0.05) is 20.3 Å². The molecule has 1 aromatic heterocycles. The second-order valence-corrected chi connectivity index (χ2v) is 4.38. The van der Waals surface area contributed by atoms with Gasteiger partial charge in [-0.05, 0) is 5.92 Å². The molecule has 0 spiro atoms. The number of nitrogens with zero attached hydrogens (tertiary/aromatic N) is 1. The van der Waals surface area contributed by atoms with Crippen LogP contribution in [0.25, 0.3) is 0 Å². The first kappa shape index (κ1) is 11.6. The van der Waals surface area contributed by atoms with Gasteiger partial charge in [-0.15, -0.1) is 11.3 Å². The van der Waals surface area contributed by atoms with Gasteiger partial charge in [0.05, 0.1) is 11.2 Å². The highest BCUT2D eigenvalue weighted by atomic mass is 32.1. The van der Waals surface area contributed by atoms with Gasteiger partial charge in [-0.25, -0.2) is 4.98 Å². The van der Waals surface area contributed by atoms with Crippen molar-refractivity contribution in [3.63, 3.8) is 0 Å². The van der Waals surface area contributed by atoms with Crippen molar-refractivity contribution in [3.05, 3.63) is 16.6 Å². The molecule has 0 aliphatic heterocycles. The third-order valence-electron chi connectivity index (χ3n) is 2.54. The summed E-state index contributed by atoms with van der Waals surface area (Å²) in [4.78, 5) is 4.19. The lowest BCUT2D eigenvalue weighted by molar-refractivity contribution is 0.418. The van der Waals surface area contributed by atoms with Gasteiger partial charge in [0.15, 0.2) is 0 Å². The molecule has 0 aromatic carbocycles. The van der Waals surface area contributed by atoms with E-state index < -0.39 is 0 Å². The van der Waals surface area contributed by atoms with Gasteiger partial charge in [-0.3, -0.25) is 0 Å². The fourth-order valence-corrected chi connectivity index (χ4v) is 1.75. The predicted molar refractivity (Wildman–Crippen MR) is 61.3 cm³/mol. The van der Waals surface area contributed by atoms with E-state index in [0.717, 1.165) is 25.2 Å². The zero-order valence-corrected chi connectivity index (χ0v) is 9.68. The third kappa shape index (κ3) is 3.74. The Labute approximate surface area is 89.7 Å².